The summed E-state index contributed by atoms with van der Waals surface area (Å²) in [5.41, 5.74) is 6.21. The van der Waals surface area contributed by atoms with Crippen molar-refractivity contribution in [3.8, 4) is 0 Å². The lowest BCUT2D eigenvalue weighted by atomic mass is 9.53. The smallest absolute Gasteiger partial charge is 0.232 e. The van der Waals surface area contributed by atoms with Gasteiger partial charge in [-0.2, -0.15) is 15.0 Å². The average molecular weight is 343 g/mol. The summed E-state index contributed by atoms with van der Waals surface area (Å²) in [5, 5.41) is 7.07. The summed E-state index contributed by atoms with van der Waals surface area (Å²) in [6.07, 6.45) is 9.22. The Morgan fingerprint density at radius 2 is 1.72 bits per heavy atom. The number of rotatable bonds is 4. The molecule has 1 saturated heterocycles. The van der Waals surface area contributed by atoms with Gasteiger partial charge in [-0.05, 0) is 69.7 Å². The molecular formula is C18H29N7. The SMILES string of the molecule is CN[C@@H]1CCN(c2nc(N)nc(NC34CC5CC(CC(C5)C3)C4)n2)C1. The molecule has 1 aromatic heterocycles. The van der Waals surface area contributed by atoms with Crippen LogP contribution in [0.25, 0.3) is 0 Å². The van der Waals surface area contributed by atoms with Gasteiger partial charge in [0.2, 0.25) is 17.8 Å². The van der Waals surface area contributed by atoms with Gasteiger partial charge in [-0.1, -0.05) is 0 Å². The summed E-state index contributed by atoms with van der Waals surface area (Å²) in [5.74, 6) is 4.41. The van der Waals surface area contributed by atoms with Crippen LogP contribution in [0, 0.1) is 17.8 Å². The van der Waals surface area contributed by atoms with E-state index in [-0.39, 0.29) is 5.54 Å². The molecule has 1 atom stereocenters. The summed E-state index contributed by atoms with van der Waals surface area (Å²) in [7, 11) is 2.01. The molecule has 4 bridgehead atoms. The lowest BCUT2D eigenvalue weighted by Gasteiger charge is -2.56. The van der Waals surface area contributed by atoms with Crippen LogP contribution in [0.3, 0.4) is 0 Å². The highest BCUT2D eigenvalue weighted by Crippen LogP contribution is 2.56. The number of anilines is 3. The van der Waals surface area contributed by atoms with Crippen molar-refractivity contribution in [1.82, 2.24) is 20.3 Å². The fourth-order valence-electron chi connectivity index (χ4n) is 6.26. The second kappa shape index (κ2) is 5.69. The van der Waals surface area contributed by atoms with Crippen LogP contribution in [0.5, 0.6) is 0 Å². The van der Waals surface area contributed by atoms with E-state index < -0.39 is 0 Å². The quantitative estimate of drug-likeness (QED) is 0.765. The molecule has 1 aromatic rings. The van der Waals surface area contributed by atoms with E-state index in [2.05, 4.69) is 25.5 Å². The van der Waals surface area contributed by atoms with Crippen LogP contribution < -0.4 is 21.3 Å². The zero-order chi connectivity index (χ0) is 17.0. The van der Waals surface area contributed by atoms with Crippen LogP contribution in [0.1, 0.15) is 44.9 Å². The topological polar surface area (TPSA) is 92.0 Å². The first-order valence-corrected chi connectivity index (χ1v) is 9.83. The fraction of sp³-hybridized carbons (Fsp3) is 0.833. The second-order valence-corrected chi connectivity index (χ2v) is 8.86. The maximum atomic E-state index is 6.02. The number of hydrogen-bond donors (Lipinski definition) is 3. The van der Waals surface area contributed by atoms with E-state index in [1.54, 1.807) is 0 Å². The Balaban J connectivity index is 1.38. The number of nitrogens with one attached hydrogen (secondary N) is 2. The van der Waals surface area contributed by atoms with Crippen LogP contribution in [0.4, 0.5) is 17.8 Å². The van der Waals surface area contributed by atoms with Crippen LogP contribution in [-0.2, 0) is 0 Å². The van der Waals surface area contributed by atoms with Crippen molar-refractivity contribution < 1.29 is 0 Å². The Kier molecular flexibility index (Phi) is 3.55. The van der Waals surface area contributed by atoms with Crippen LogP contribution in [0.15, 0.2) is 0 Å². The number of aromatic nitrogens is 3. The summed E-state index contributed by atoms with van der Waals surface area (Å²) >= 11 is 0. The molecule has 4 N–H and O–H groups in total. The molecule has 0 amide bonds. The number of likely N-dealkylation sites (N-methyl/N-ethyl adjacent to an activating group) is 1. The first kappa shape index (κ1) is 15.6. The van der Waals surface area contributed by atoms with Gasteiger partial charge in [0.15, 0.2) is 0 Å². The molecule has 0 radical (unpaired) electrons. The summed E-state index contributed by atoms with van der Waals surface area (Å²) < 4.78 is 0. The van der Waals surface area contributed by atoms with Gasteiger partial charge in [0.25, 0.3) is 0 Å². The van der Waals surface area contributed by atoms with Crippen molar-refractivity contribution in [2.45, 2.75) is 56.5 Å². The molecule has 5 aliphatic rings. The molecule has 0 spiro atoms. The van der Waals surface area contributed by atoms with Crippen molar-refractivity contribution in [2.24, 2.45) is 17.8 Å². The fourth-order valence-corrected chi connectivity index (χ4v) is 6.26. The molecule has 0 unspecified atom stereocenters. The third-order valence-electron chi connectivity index (χ3n) is 6.94. The monoisotopic (exact) mass is 343 g/mol. The van der Waals surface area contributed by atoms with Gasteiger partial charge < -0.3 is 21.3 Å². The van der Waals surface area contributed by atoms with Gasteiger partial charge in [-0.25, -0.2) is 0 Å². The van der Waals surface area contributed by atoms with Gasteiger partial charge in [0.05, 0.1) is 0 Å². The molecule has 6 rings (SSSR count). The van der Waals surface area contributed by atoms with Crippen molar-refractivity contribution in [3.05, 3.63) is 0 Å². The minimum absolute atomic E-state index is 0.193. The van der Waals surface area contributed by atoms with Crippen LogP contribution >= 0.6 is 0 Å². The Bertz CT molecular complexity index is 626. The minimum atomic E-state index is 0.193. The number of nitrogens with two attached hydrogens (primary N) is 1. The molecule has 136 valence electrons. The predicted molar refractivity (Wildman–Crippen MR) is 98.4 cm³/mol. The van der Waals surface area contributed by atoms with Crippen molar-refractivity contribution in [3.63, 3.8) is 0 Å². The Morgan fingerprint density at radius 3 is 2.32 bits per heavy atom. The van der Waals surface area contributed by atoms with E-state index in [4.69, 9.17) is 10.7 Å². The molecular weight excluding hydrogens is 314 g/mol. The normalized spacial score (nSPS) is 39.2. The summed E-state index contributed by atoms with van der Waals surface area (Å²) in [4.78, 5) is 15.8. The molecule has 0 aromatic carbocycles. The number of hydrogen-bond acceptors (Lipinski definition) is 7. The maximum Gasteiger partial charge on any atom is 0.232 e. The van der Waals surface area contributed by atoms with Gasteiger partial charge in [-0.3, -0.25) is 0 Å². The van der Waals surface area contributed by atoms with Gasteiger partial charge in [0.1, 0.15) is 0 Å². The molecule has 1 aliphatic heterocycles. The Morgan fingerprint density at radius 1 is 1.04 bits per heavy atom. The zero-order valence-corrected chi connectivity index (χ0v) is 15.0. The van der Waals surface area contributed by atoms with Gasteiger partial charge in [-0.15, -0.1) is 0 Å². The lowest BCUT2D eigenvalue weighted by molar-refractivity contribution is 0.0103. The average Bonchev–Trinajstić information content (AvgIpc) is 3.01. The molecule has 7 heteroatoms. The number of nitrogens with zero attached hydrogens (tertiary/aromatic N) is 4. The second-order valence-electron chi connectivity index (χ2n) is 8.86. The molecule has 7 nitrogen and oxygen atoms in total. The van der Waals surface area contributed by atoms with Crippen molar-refractivity contribution in [1.29, 1.82) is 0 Å². The molecule has 25 heavy (non-hydrogen) atoms. The summed E-state index contributed by atoms with van der Waals surface area (Å²) in [6, 6.07) is 0.498. The largest absolute Gasteiger partial charge is 0.368 e. The van der Waals surface area contributed by atoms with Crippen LogP contribution in [-0.4, -0.2) is 46.7 Å². The Labute approximate surface area is 149 Å². The summed E-state index contributed by atoms with van der Waals surface area (Å²) in [6.45, 7) is 1.89. The van der Waals surface area contributed by atoms with Crippen molar-refractivity contribution in [2.75, 3.05) is 36.1 Å². The number of nitrogen functional groups attached to an aromatic ring is 1. The first-order valence-electron chi connectivity index (χ1n) is 9.83. The maximum absolute atomic E-state index is 6.02. The predicted octanol–water partition coefficient (Wildman–Crippen LogP) is 1.63. The van der Waals surface area contributed by atoms with E-state index in [1.807, 2.05) is 7.05 Å². The van der Waals surface area contributed by atoms with E-state index >= 15 is 0 Å². The van der Waals surface area contributed by atoms with Gasteiger partial charge in [0, 0.05) is 24.7 Å². The highest BCUT2D eigenvalue weighted by atomic mass is 15.3. The third-order valence-corrected chi connectivity index (χ3v) is 6.94. The highest BCUT2D eigenvalue weighted by molar-refractivity contribution is 5.44. The van der Waals surface area contributed by atoms with E-state index in [0.717, 1.165) is 43.2 Å². The highest BCUT2D eigenvalue weighted by Gasteiger charge is 2.51. The van der Waals surface area contributed by atoms with E-state index in [0.29, 0.717) is 17.9 Å². The van der Waals surface area contributed by atoms with Crippen LogP contribution in [0.2, 0.25) is 0 Å². The van der Waals surface area contributed by atoms with E-state index in [1.165, 1.54) is 38.5 Å². The standard InChI is InChI=1S/C18H29N7/c1-20-14-2-3-25(10-14)17-22-15(19)21-16(23-17)24-18-7-11-4-12(8-18)6-13(5-11)9-18/h11-14,20H,2-10H2,1H3,(H3,19,21,22,23,24)/t11?,12?,13?,14-,18?/m1/s1. The van der Waals surface area contributed by atoms with Crippen molar-refractivity contribution >= 4 is 17.8 Å². The molecule has 4 saturated carbocycles. The third kappa shape index (κ3) is 2.82. The lowest BCUT2D eigenvalue weighted by Crippen LogP contribution is -2.55. The Hall–Kier alpha value is -1.63. The molecule has 4 aliphatic carbocycles. The minimum Gasteiger partial charge on any atom is -0.368 e. The zero-order valence-electron chi connectivity index (χ0n) is 15.0. The van der Waals surface area contributed by atoms with E-state index in [9.17, 15) is 0 Å². The first-order chi connectivity index (χ1) is 12.1. The van der Waals surface area contributed by atoms with Gasteiger partial charge >= 0.3 is 0 Å². The molecule has 2 heterocycles. The molecule has 5 fully saturated rings.